The molecule has 2 saturated heterocycles. The number of carboxylic acids is 2. The molecule has 2 heterocycles. The summed E-state index contributed by atoms with van der Waals surface area (Å²) in [6, 6.07) is -1.55. The third-order valence-corrected chi connectivity index (χ3v) is 6.08. The van der Waals surface area contributed by atoms with Crippen LogP contribution < -0.4 is 5.43 Å². The van der Waals surface area contributed by atoms with Gasteiger partial charge in [-0.15, -0.1) is 0 Å². The standard InChI is InChI=1S/C19H30N4O6/c24-16-9-7-14(18(26)27)22(16)20-11-4-12-21(13-5-2-1-3-6-13)23-15(19(28)29)8-10-17(23)25/h13-15,20H,1-12H2,(H,26,27)(H,28,29)/t14-,15-/m0/s1. The summed E-state index contributed by atoms with van der Waals surface area (Å²) in [4.78, 5) is 47.3. The van der Waals surface area contributed by atoms with Gasteiger partial charge in [-0.2, -0.15) is 0 Å². The summed E-state index contributed by atoms with van der Waals surface area (Å²) >= 11 is 0. The van der Waals surface area contributed by atoms with Gasteiger partial charge in [-0.1, -0.05) is 19.3 Å². The van der Waals surface area contributed by atoms with Gasteiger partial charge in [0.25, 0.3) is 0 Å². The largest absolute Gasteiger partial charge is 0.480 e. The predicted molar refractivity (Wildman–Crippen MR) is 101 cm³/mol. The van der Waals surface area contributed by atoms with Crippen LogP contribution in [0.25, 0.3) is 0 Å². The van der Waals surface area contributed by atoms with E-state index in [-0.39, 0.29) is 37.1 Å². The average molecular weight is 410 g/mol. The van der Waals surface area contributed by atoms with Gasteiger partial charge in [0.2, 0.25) is 11.8 Å². The van der Waals surface area contributed by atoms with E-state index in [9.17, 15) is 29.4 Å². The molecule has 3 fully saturated rings. The first-order valence-corrected chi connectivity index (χ1v) is 10.5. The van der Waals surface area contributed by atoms with Crippen LogP contribution in [0.2, 0.25) is 0 Å². The van der Waals surface area contributed by atoms with Crippen molar-refractivity contribution < 1.29 is 29.4 Å². The van der Waals surface area contributed by atoms with Gasteiger partial charge in [0.15, 0.2) is 0 Å². The van der Waals surface area contributed by atoms with E-state index >= 15 is 0 Å². The molecule has 0 aromatic heterocycles. The molecule has 10 nitrogen and oxygen atoms in total. The third-order valence-electron chi connectivity index (χ3n) is 6.08. The SMILES string of the molecule is O=C(O)[C@@H]1CCC(=O)N1NCCCN(C1CCCCC1)N1C(=O)CC[C@H]1C(=O)O. The highest BCUT2D eigenvalue weighted by Crippen LogP contribution is 2.29. The number of aliphatic carboxylic acids is 2. The predicted octanol–water partition coefficient (Wildman–Crippen LogP) is 0.582. The summed E-state index contributed by atoms with van der Waals surface area (Å²) < 4.78 is 0. The number of nitrogens with one attached hydrogen (secondary N) is 1. The van der Waals surface area contributed by atoms with Crippen LogP contribution in [-0.4, -0.2) is 80.2 Å². The van der Waals surface area contributed by atoms with Crippen molar-refractivity contribution in [3.63, 3.8) is 0 Å². The number of nitrogens with zero attached hydrogens (tertiary/aromatic N) is 3. The van der Waals surface area contributed by atoms with E-state index in [0.29, 0.717) is 25.9 Å². The molecule has 1 aliphatic carbocycles. The maximum atomic E-state index is 12.5. The van der Waals surface area contributed by atoms with Crippen molar-refractivity contribution in [3.05, 3.63) is 0 Å². The molecule has 0 aromatic carbocycles. The van der Waals surface area contributed by atoms with Crippen molar-refractivity contribution in [2.75, 3.05) is 13.1 Å². The summed E-state index contributed by atoms with van der Waals surface area (Å²) in [7, 11) is 0. The first kappa shape index (κ1) is 21.5. The summed E-state index contributed by atoms with van der Waals surface area (Å²) in [5.74, 6) is -2.40. The molecule has 3 aliphatic rings. The Labute approximate surface area is 169 Å². The van der Waals surface area contributed by atoms with E-state index in [1.165, 1.54) is 10.0 Å². The molecule has 0 aromatic rings. The van der Waals surface area contributed by atoms with E-state index in [0.717, 1.165) is 32.1 Å². The number of carboxylic acid groups (broad SMARTS) is 2. The minimum atomic E-state index is -1.03. The molecule has 2 aliphatic heterocycles. The molecular formula is C19H30N4O6. The fraction of sp³-hybridized carbons (Fsp3) is 0.789. The second kappa shape index (κ2) is 9.53. The van der Waals surface area contributed by atoms with E-state index in [4.69, 9.17) is 0 Å². The zero-order valence-corrected chi connectivity index (χ0v) is 16.6. The number of rotatable bonds is 9. The van der Waals surface area contributed by atoms with E-state index in [1.54, 1.807) is 0 Å². The molecule has 0 spiro atoms. The second-order valence-electron chi connectivity index (χ2n) is 8.00. The van der Waals surface area contributed by atoms with Crippen molar-refractivity contribution >= 4 is 23.8 Å². The van der Waals surface area contributed by atoms with E-state index < -0.39 is 24.0 Å². The quantitative estimate of drug-likeness (QED) is 0.471. The monoisotopic (exact) mass is 410 g/mol. The van der Waals surface area contributed by atoms with Gasteiger partial charge in [-0.05, 0) is 32.1 Å². The Bertz CT molecular complexity index is 651. The van der Waals surface area contributed by atoms with Gasteiger partial charge in [0.1, 0.15) is 12.1 Å². The minimum Gasteiger partial charge on any atom is -0.480 e. The van der Waals surface area contributed by atoms with Crippen LogP contribution in [0.3, 0.4) is 0 Å². The summed E-state index contributed by atoms with van der Waals surface area (Å²) in [5.41, 5.74) is 2.91. The lowest BCUT2D eigenvalue weighted by atomic mass is 9.95. The van der Waals surface area contributed by atoms with E-state index in [2.05, 4.69) is 5.43 Å². The van der Waals surface area contributed by atoms with Crippen molar-refractivity contribution in [2.24, 2.45) is 0 Å². The molecule has 2 atom stereocenters. The van der Waals surface area contributed by atoms with Crippen LogP contribution in [0.5, 0.6) is 0 Å². The first-order valence-electron chi connectivity index (χ1n) is 10.5. The Morgan fingerprint density at radius 1 is 0.931 bits per heavy atom. The van der Waals surface area contributed by atoms with Crippen LogP contribution in [-0.2, 0) is 19.2 Å². The molecule has 0 radical (unpaired) electrons. The summed E-state index contributed by atoms with van der Waals surface area (Å²) in [5, 5.41) is 23.3. The molecule has 3 N–H and O–H groups in total. The Kier molecular flexibility index (Phi) is 7.07. The maximum absolute atomic E-state index is 12.5. The van der Waals surface area contributed by atoms with Gasteiger partial charge in [-0.3, -0.25) is 19.6 Å². The molecule has 162 valence electrons. The molecule has 1 saturated carbocycles. The van der Waals surface area contributed by atoms with Crippen LogP contribution >= 0.6 is 0 Å². The van der Waals surface area contributed by atoms with Gasteiger partial charge >= 0.3 is 11.9 Å². The summed E-state index contributed by atoms with van der Waals surface area (Å²) in [6.07, 6.45) is 6.73. The number of carbonyl (C=O) groups is 4. The highest BCUT2D eigenvalue weighted by Gasteiger charge is 2.42. The molecular weight excluding hydrogens is 380 g/mol. The maximum Gasteiger partial charge on any atom is 0.328 e. The number of hydrogen-bond donors (Lipinski definition) is 3. The van der Waals surface area contributed by atoms with Crippen LogP contribution in [0.15, 0.2) is 0 Å². The van der Waals surface area contributed by atoms with Gasteiger partial charge < -0.3 is 10.2 Å². The van der Waals surface area contributed by atoms with Crippen molar-refractivity contribution in [1.82, 2.24) is 20.5 Å². The number of amides is 2. The lowest BCUT2D eigenvalue weighted by molar-refractivity contribution is -0.167. The van der Waals surface area contributed by atoms with E-state index in [1.807, 2.05) is 5.01 Å². The lowest BCUT2D eigenvalue weighted by Gasteiger charge is -2.42. The zero-order chi connectivity index (χ0) is 21.0. The number of hydrazine groups is 2. The Morgan fingerprint density at radius 3 is 2.21 bits per heavy atom. The fourth-order valence-corrected chi connectivity index (χ4v) is 4.62. The van der Waals surface area contributed by atoms with Crippen molar-refractivity contribution in [2.45, 2.75) is 82.3 Å². The van der Waals surface area contributed by atoms with Gasteiger partial charge in [0, 0.05) is 32.0 Å². The number of carbonyl (C=O) groups excluding carboxylic acids is 2. The Hall–Kier alpha value is -2.20. The molecule has 10 heteroatoms. The highest BCUT2D eigenvalue weighted by molar-refractivity contribution is 5.87. The Morgan fingerprint density at radius 2 is 1.55 bits per heavy atom. The number of hydrogen-bond acceptors (Lipinski definition) is 6. The minimum absolute atomic E-state index is 0.132. The van der Waals surface area contributed by atoms with Gasteiger partial charge in [0.05, 0.1) is 0 Å². The molecule has 29 heavy (non-hydrogen) atoms. The van der Waals surface area contributed by atoms with Crippen LogP contribution in [0.4, 0.5) is 0 Å². The molecule has 0 bridgehead atoms. The van der Waals surface area contributed by atoms with Gasteiger partial charge in [-0.25, -0.2) is 20.0 Å². The molecule has 0 unspecified atom stereocenters. The normalized spacial score (nSPS) is 26.0. The smallest absolute Gasteiger partial charge is 0.328 e. The fourth-order valence-electron chi connectivity index (χ4n) is 4.62. The zero-order valence-electron chi connectivity index (χ0n) is 16.6. The summed E-state index contributed by atoms with van der Waals surface area (Å²) in [6.45, 7) is 0.853. The van der Waals surface area contributed by atoms with Crippen LogP contribution in [0, 0.1) is 0 Å². The molecule has 2 amide bonds. The topological polar surface area (TPSA) is 130 Å². The second-order valence-corrected chi connectivity index (χ2v) is 8.00. The van der Waals surface area contributed by atoms with Crippen molar-refractivity contribution in [1.29, 1.82) is 0 Å². The Balaban J connectivity index is 1.61. The third kappa shape index (κ3) is 4.87. The lowest BCUT2D eigenvalue weighted by Crippen LogP contribution is -2.56. The molecule has 3 rings (SSSR count). The average Bonchev–Trinajstić information content (AvgIpc) is 3.26. The first-order chi connectivity index (χ1) is 13.9. The van der Waals surface area contributed by atoms with Crippen LogP contribution in [0.1, 0.15) is 64.2 Å². The highest BCUT2D eigenvalue weighted by atomic mass is 16.4. The van der Waals surface area contributed by atoms with Crippen molar-refractivity contribution in [3.8, 4) is 0 Å².